The molecule has 7 heterocycles. The van der Waals surface area contributed by atoms with Gasteiger partial charge in [0.1, 0.15) is 0 Å². The molecule has 0 fully saturated rings. The minimum atomic E-state index is 0.118. The maximum atomic E-state index is 15.6. The molecular weight excluding hydrogens is 1360 g/mol. The molecule has 5 aromatic heterocycles. The normalized spacial score (nSPS) is 13.3. The molecule has 0 spiro atoms. The van der Waals surface area contributed by atoms with E-state index < -0.39 is 0 Å². The fourth-order valence-electron chi connectivity index (χ4n) is 17.7. The molecule has 0 N–H and O–H groups in total. The zero-order valence-electron chi connectivity index (χ0n) is 67.4. The molecule has 0 saturated heterocycles. The summed E-state index contributed by atoms with van der Waals surface area (Å²) in [5.41, 5.74) is 6.34. The number of aromatic nitrogens is 1. The first-order chi connectivity index (χ1) is 51.6. The summed E-state index contributed by atoms with van der Waals surface area (Å²) in [4.78, 5) is 42.9. The van der Waals surface area contributed by atoms with Gasteiger partial charge in [-0.15, -0.1) is 45.3 Å². The van der Waals surface area contributed by atoms with Crippen molar-refractivity contribution in [2.75, 3.05) is 13.1 Å². The van der Waals surface area contributed by atoms with Crippen LogP contribution in [0.15, 0.2) is 72.8 Å². The zero-order chi connectivity index (χ0) is 73.4. The number of hydrogen-bond donors (Lipinski definition) is 0. The topological polar surface area (TPSA) is 45.6 Å². The predicted molar refractivity (Wildman–Crippen MR) is 467 cm³/mol. The minimum Gasteiger partial charge on any atom is -0.340 e. The molecule has 0 unspecified atom stereocenters. The SMILES string of the molecule is CCCCCCCCCCCCCCn1c2cc3sc(-c4ccc(C)s4)cc3cc2c2cc3cc(-c4ccc(C5=c6cc7c(cc6C(=O)N5CCC(CCCCCCCCCC)CCCCCCCCCC)=C(C)N(CCC(CCCCCCCCCC)CCCCCCCCCC)C7=O)s4)sc3cc21. The fourth-order valence-corrected chi connectivity index (χ4v) is 22.0. The molecule has 0 atom stereocenters. The third kappa shape index (κ3) is 24.2. The van der Waals surface area contributed by atoms with Crippen LogP contribution < -0.4 is 10.4 Å². The lowest BCUT2D eigenvalue weighted by molar-refractivity contribution is 0.0828. The molecule has 2 aliphatic heterocycles. The maximum Gasteiger partial charge on any atom is 0.259 e. The van der Waals surface area contributed by atoms with Crippen molar-refractivity contribution >= 4 is 111 Å². The predicted octanol–water partition coefficient (Wildman–Crippen LogP) is 31.0. The summed E-state index contributed by atoms with van der Waals surface area (Å²) in [6, 6.07) is 28.5. The first kappa shape index (κ1) is 82.9. The van der Waals surface area contributed by atoms with Gasteiger partial charge in [0.05, 0.1) is 21.6 Å². The Hall–Kier alpha value is -4.54. The van der Waals surface area contributed by atoms with E-state index in [1.165, 1.54) is 375 Å². The number of carbonyl (C=O) groups excluding carboxylic acids is 2. The van der Waals surface area contributed by atoms with Gasteiger partial charge in [0.2, 0.25) is 0 Å². The monoisotopic (exact) mass is 1500 g/mol. The van der Waals surface area contributed by atoms with Crippen LogP contribution in [0.1, 0.15) is 393 Å². The summed E-state index contributed by atoms with van der Waals surface area (Å²) in [5, 5.41) is 7.29. The number of fused-ring (bicyclic) bond motifs is 7. The van der Waals surface area contributed by atoms with Crippen LogP contribution in [0.25, 0.3) is 72.9 Å². The molecule has 0 bridgehead atoms. The maximum absolute atomic E-state index is 15.6. The molecule has 2 aliphatic rings. The number of nitrogens with zero attached hydrogens (tertiary/aromatic N) is 3. The number of benzene rings is 3. The van der Waals surface area contributed by atoms with Crippen LogP contribution in [0.2, 0.25) is 0 Å². The van der Waals surface area contributed by atoms with E-state index in [1.54, 1.807) is 0 Å². The van der Waals surface area contributed by atoms with Gasteiger partial charge in [-0.1, -0.05) is 336 Å². The highest BCUT2D eigenvalue weighted by atomic mass is 32.1. The van der Waals surface area contributed by atoms with Crippen molar-refractivity contribution in [1.29, 1.82) is 0 Å². The van der Waals surface area contributed by atoms with Crippen LogP contribution in [-0.2, 0) is 6.54 Å². The summed E-state index contributed by atoms with van der Waals surface area (Å²) >= 11 is 7.62. The smallest absolute Gasteiger partial charge is 0.259 e. The molecule has 0 saturated carbocycles. The molecular formula is C96H141N3O2S4. The summed E-state index contributed by atoms with van der Waals surface area (Å²) in [6.45, 7) is 18.4. The average molecular weight is 1500 g/mol. The number of unbranched alkanes of at least 4 members (excludes halogenated alkanes) is 39. The highest BCUT2D eigenvalue weighted by molar-refractivity contribution is 7.27. The Morgan fingerprint density at radius 3 is 1.06 bits per heavy atom. The van der Waals surface area contributed by atoms with Gasteiger partial charge in [-0.2, -0.15) is 0 Å². The Bertz CT molecular complexity index is 3980. The van der Waals surface area contributed by atoms with Gasteiger partial charge in [0.15, 0.2) is 0 Å². The Labute approximate surface area is 654 Å². The lowest BCUT2D eigenvalue weighted by Gasteiger charge is -2.24. The van der Waals surface area contributed by atoms with Crippen LogP contribution in [0.5, 0.6) is 0 Å². The number of thiophene rings is 4. The second-order valence-corrected chi connectivity index (χ2v) is 37.3. The first-order valence-corrected chi connectivity index (χ1v) is 47.5. The molecule has 576 valence electrons. The van der Waals surface area contributed by atoms with Crippen molar-refractivity contribution in [1.82, 2.24) is 14.4 Å². The second-order valence-electron chi connectivity index (χ2n) is 32.8. The standard InChI is InChI=1S/C96H141N3O2S4/c1-8-13-18-23-28-33-34-35-36-41-46-51-62-98-85-71-90-77(67-92(104-90)87-57-56-73(6)102-87)65-80(85)81-66-78-68-93(105-91(78)72-86(81)98)88-58-59-89(103-88)94-82-70-83-79(74(7)97(95(83)100)63-60-75(52-47-42-37-29-24-19-14-9-2)53-48-43-38-30-25-20-15-10-3)69-84(82)96(101)99(94)64-61-76(54-49-44-39-31-26-21-16-11-4)55-50-45-40-32-27-22-17-12-5/h56-59,65-72,75-76H,8-55,60-64H2,1-7H3. The number of rotatable bonds is 58. The third-order valence-electron chi connectivity index (χ3n) is 24.3. The number of aryl methyl sites for hydroxylation is 2. The van der Waals surface area contributed by atoms with E-state index in [2.05, 4.69) is 136 Å². The van der Waals surface area contributed by atoms with Crippen molar-refractivity contribution < 1.29 is 9.59 Å². The Balaban J connectivity index is 0.926. The lowest BCUT2D eigenvalue weighted by Crippen LogP contribution is -2.28. The van der Waals surface area contributed by atoms with Crippen molar-refractivity contribution in [3.05, 3.63) is 104 Å². The molecule has 105 heavy (non-hydrogen) atoms. The van der Waals surface area contributed by atoms with E-state index in [-0.39, 0.29) is 11.8 Å². The van der Waals surface area contributed by atoms with E-state index in [0.29, 0.717) is 18.4 Å². The summed E-state index contributed by atoms with van der Waals surface area (Å²) in [7, 11) is 0. The summed E-state index contributed by atoms with van der Waals surface area (Å²) < 4.78 is 5.39. The number of amides is 2. The van der Waals surface area contributed by atoms with Crippen LogP contribution in [0.3, 0.4) is 0 Å². The van der Waals surface area contributed by atoms with Gasteiger partial charge in [0, 0.05) is 91.5 Å². The molecule has 0 aliphatic carbocycles. The fraction of sp³-hybridized carbons (Fsp3) is 0.646. The highest BCUT2D eigenvalue weighted by Crippen LogP contribution is 2.46. The minimum absolute atomic E-state index is 0.118. The van der Waals surface area contributed by atoms with Gasteiger partial charge in [-0.05, 0) is 129 Å². The Kier molecular flexibility index (Phi) is 36.0. The van der Waals surface area contributed by atoms with Crippen molar-refractivity contribution in [2.24, 2.45) is 11.8 Å². The molecule has 5 nitrogen and oxygen atoms in total. The van der Waals surface area contributed by atoms with E-state index in [1.807, 2.05) is 45.3 Å². The van der Waals surface area contributed by atoms with E-state index in [9.17, 15) is 0 Å². The van der Waals surface area contributed by atoms with E-state index >= 15 is 9.59 Å². The van der Waals surface area contributed by atoms with Gasteiger partial charge in [-0.3, -0.25) is 9.59 Å². The Morgan fingerprint density at radius 1 is 0.305 bits per heavy atom. The van der Waals surface area contributed by atoms with E-state index in [0.717, 1.165) is 63.8 Å². The van der Waals surface area contributed by atoms with Gasteiger partial charge < -0.3 is 14.4 Å². The van der Waals surface area contributed by atoms with Gasteiger partial charge in [-0.25, -0.2) is 0 Å². The molecule has 8 aromatic rings. The lowest BCUT2D eigenvalue weighted by atomic mass is 9.91. The average Bonchev–Trinajstić information content (AvgIpc) is 1.58. The van der Waals surface area contributed by atoms with Crippen molar-refractivity contribution in [3.8, 4) is 19.5 Å². The van der Waals surface area contributed by atoms with Gasteiger partial charge in [0.25, 0.3) is 11.8 Å². The van der Waals surface area contributed by atoms with E-state index in [4.69, 9.17) is 0 Å². The molecule has 0 radical (unpaired) electrons. The van der Waals surface area contributed by atoms with Crippen LogP contribution in [0, 0.1) is 18.8 Å². The third-order valence-corrected chi connectivity index (χ3v) is 28.9. The van der Waals surface area contributed by atoms with Gasteiger partial charge >= 0.3 is 0 Å². The summed E-state index contributed by atoms with van der Waals surface area (Å²) in [5.74, 6) is 1.46. The second kappa shape index (κ2) is 45.6. The number of hydrogen-bond acceptors (Lipinski definition) is 6. The largest absolute Gasteiger partial charge is 0.340 e. The zero-order valence-corrected chi connectivity index (χ0v) is 70.6. The highest BCUT2D eigenvalue weighted by Gasteiger charge is 2.36. The number of carbonyl (C=O) groups is 2. The first-order valence-electron chi connectivity index (χ1n) is 44.3. The Morgan fingerprint density at radius 2 is 0.648 bits per heavy atom. The van der Waals surface area contributed by atoms with Crippen LogP contribution >= 0.6 is 45.3 Å². The van der Waals surface area contributed by atoms with Crippen LogP contribution in [0.4, 0.5) is 0 Å². The molecule has 9 heteroatoms. The van der Waals surface area contributed by atoms with Crippen molar-refractivity contribution in [3.63, 3.8) is 0 Å². The molecule has 2 amide bonds. The van der Waals surface area contributed by atoms with Crippen LogP contribution in [-0.4, -0.2) is 39.3 Å². The van der Waals surface area contributed by atoms with Crippen molar-refractivity contribution in [2.45, 2.75) is 376 Å². The summed E-state index contributed by atoms with van der Waals surface area (Å²) in [6.07, 6.45) is 66.3. The molecule has 3 aromatic carbocycles. The molecule has 10 rings (SSSR count). The quantitative estimate of drug-likeness (QED) is 0.0357.